The van der Waals surface area contributed by atoms with Crippen molar-refractivity contribution in [1.29, 1.82) is 0 Å². The van der Waals surface area contributed by atoms with Gasteiger partial charge < -0.3 is 5.32 Å². The van der Waals surface area contributed by atoms with E-state index < -0.39 is 0 Å². The molecule has 0 aliphatic carbocycles. The fourth-order valence-electron chi connectivity index (χ4n) is 3.15. The van der Waals surface area contributed by atoms with Crippen LogP contribution in [0, 0.1) is 19.8 Å². The average Bonchev–Trinajstić information content (AvgIpc) is 2.44. The summed E-state index contributed by atoms with van der Waals surface area (Å²) in [5.74, 6) is 0.783. The summed E-state index contributed by atoms with van der Waals surface area (Å²) in [6.07, 6.45) is 2.59. The number of nitrogens with zero attached hydrogens (tertiary/aromatic N) is 1. The van der Waals surface area contributed by atoms with Crippen LogP contribution in [0.1, 0.15) is 49.4 Å². The standard InChI is InChI=1S/C18H30N2/c1-14(2)8-9-18(20-12-10-19-11-13-20)17-7-5-6-15(3)16(17)4/h5-7,14,18-19H,8-13H2,1-4H3/t18-/m0/s1. The SMILES string of the molecule is Cc1cccc([C@H](CCC(C)C)N2CCNCC2)c1C. The average molecular weight is 274 g/mol. The van der Waals surface area contributed by atoms with Crippen molar-refractivity contribution in [3.05, 3.63) is 34.9 Å². The molecule has 0 radical (unpaired) electrons. The predicted molar refractivity (Wildman–Crippen MR) is 87.2 cm³/mol. The minimum atomic E-state index is 0.597. The van der Waals surface area contributed by atoms with Gasteiger partial charge in [-0.15, -0.1) is 0 Å². The van der Waals surface area contributed by atoms with E-state index in [1.807, 2.05) is 0 Å². The Balaban J connectivity index is 2.22. The van der Waals surface area contributed by atoms with E-state index in [-0.39, 0.29) is 0 Å². The Labute approximate surface area is 124 Å². The van der Waals surface area contributed by atoms with Gasteiger partial charge >= 0.3 is 0 Å². The molecule has 1 saturated heterocycles. The number of benzene rings is 1. The second-order valence-electron chi connectivity index (χ2n) is 6.56. The van der Waals surface area contributed by atoms with Gasteiger partial charge in [-0.2, -0.15) is 0 Å². The van der Waals surface area contributed by atoms with Gasteiger partial charge in [0, 0.05) is 32.2 Å². The largest absolute Gasteiger partial charge is 0.314 e. The lowest BCUT2D eigenvalue weighted by Crippen LogP contribution is -2.45. The first-order chi connectivity index (χ1) is 9.59. The summed E-state index contributed by atoms with van der Waals surface area (Å²) in [7, 11) is 0. The molecule has 0 saturated carbocycles. The molecule has 1 aromatic rings. The molecule has 1 aliphatic rings. The van der Waals surface area contributed by atoms with Crippen LogP contribution in [0.15, 0.2) is 18.2 Å². The van der Waals surface area contributed by atoms with Crippen LogP contribution in [-0.2, 0) is 0 Å². The van der Waals surface area contributed by atoms with Gasteiger partial charge in [-0.25, -0.2) is 0 Å². The molecule has 2 rings (SSSR count). The zero-order valence-corrected chi connectivity index (χ0v) is 13.6. The van der Waals surface area contributed by atoms with Gasteiger partial charge in [0.15, 0.2) is 0 Å². The van der Waals surface area contributed by atoms with Crippen LogP contribution >= 0.6 is 0 Å². The minimum absolute atomic E-state index is 0.597. The maximum Gasteiger partial charge on any atom is 0.0352 e. The third-order valence-corrected chi connectivity index (χ3v) is 4.62. The highest BCUT2D eigenvalue weighted by Gasteiger charge is 2.23. The number of nitrogens with one attached hydrogen (secondary N) is 1. The molecule has 1 N–H and O–H groups in total. The van der Waals surface area contributed by atoms with Crippen LogP contribution in [0.25, 0.3) is 0 Å². The first-order valence-corrected chi connectivity index (χ1v) is 8.10. The van der Waals surface area contributed by atoms with Crippen LogP contribution in [0.5, 0.6) is 0 Å². The van der Waals surface area contributed by atoms with Gasteiger partial charge in [0.1, 0.15) is 0 Å². The fourth-order valence-corrected chi connectivity index (χ4v) is 3.15. The van der Waals surface area contributed by atoms with E-state index in [9.17, 15) is 0 Å². The molecule has 1 fully saturated rings. The Morgan fingerprint density at radius 2 is 1.80 bits per heavy atom. The molecule has 0 aromatic heterocycles. The number of aryl methyl sites for hydroxylation is 1. The van der Waals surface area contributed by atoms with Gasteiger partial charge in [0.2, 0.25) is 0 Å². The topological polar surface area (TPSA) is 15.3 Å². The van der Waals surface area contributed by atoms with E-state index >= 15 is 0 Å². The quantitative estimate of drug-likeness (QED) is 0.881. The molecule has 0 bridgehead atoms. The van der Waals surface area contributed by atoms with Crippen molar-refractivity contribution >= 4 is 0 Å². The molecule has 0 unspecified atom stereocenters. The third kappa shape index (κ3) is 3.83. The summed E-state index contributed by atoms with van der Waals surface area (Å²) in [5, 5.41) is 3.47. The van der Waals surface area contributed by atoms with E-state index in [0.717, 1.165) is 19.0 Å². The van der Waals surface area contributed by atoms with Crippen molar-refractivity contribution in [3.63, 3.8) is 0 Å². The predicted octanol–water partition coefficient (Wildman–Crippen LogP) is 3.69. The maximum absolute atomic E-state index is 3.47. The molecule has 1 heterocycles. The molecule has 0 amide bonds. The Hall–Kier alpha value is -0.860. The summed E-state index contributed by atoms with van der Waals surface area (Å²) in [6.45, 7) is 13.8. The second kappa shape index (κ2) is 7.24. The maximum atomic E-state index is 3.47. The van der Waals surface area contributed by atoms with Gasteiger partial charge in [0.05, 0.1) is 0 Å². The Morgan fingerprint density at radius 3 is 2.45 bits per heavy atom. The van der Waals surface area contributed by atoms with Crippen molar-refractivity contribution in [2.24, 2.45) is 5.92 Å². The first-order valence-electron chi connectivity index (χ1n) is 8.10. The van der Waals surface area contributed by atoms with E-state index in [4.69, 9.17) is 0 Å². The number of piperazine rings is 1. The van der Waals surface area contributed by atoms with Crippen molar-refractivity contribution in [3.8, 4) is 0 Å². The lowest BCUT2D eigenvalue weighted by molar-refractivity contribution is 0.159. The Bertz CT molecular complexity index is 419. The number of hydrogen-bond donors (Lipinski definition) is 1. The summed E-state index contributed by atoms with van der Waals surface area (Å²) in [4.78, 5) is 2.68. The van der Waals surface area contributed by atoms with Crippen LogP contribution in [0.4, 0.5) is 0 Å². The van der Waals surface area contributed by atoms with E-state index in [2.05, 4.69) is 56.1 Å². The zero-order chi connectivity index (χ0) is 14.5. The lowest BCUT2D eigenvalue weighted by atomic mass is 9.91. The van der Waals surface area contributed by atoms with Crippen LogP contribution in [0.2, 0.25) is 0 Å². The molecule has 2 nitrogen and oxygen atoms in total. The van der Waals surface area contributed by atoms with Crippen LogP contribution in [0.3, 0.4) is 0 Å². The second-order valence-corrected chi connectivity index (χ2v) is 6.56. The molecular formula is C18H30N2. The van der Waals surface area contributed by atoms with E-state index in [1.165, 1.54) is 37.1 Å². The monoisotopic (exact) mass is 274 g/mol. The molecule has 0 spiro atoms. The zero-order valence-electron chi connectivity index (χ0n) is 13.6. The Kier molecular flexibility index (Phi) is 5.62. The van der Waals surface area contributed by atoms with E-state index in [0.29, 0.717) is 6.04 Å². The molecule has 1 aliphatic heterocycles. The smallest absolute Gasteiger partial charge is 0.0352 e. The highest BCUT2D eigenvalue weighted by Crippen LogP contribution is 2.31. The highest BCUT2D eigenvalue weighted by atomic mass is 15.2. The van der Waals surface area contributed by atoms with Gasteiger partial charge in [-0.3, -0.25) is 4.90 Å². The summed E-state index contributed by atoms with van der Waals surface area (Å²) < 4.78 is 0. The summed E-state index contributed by atoms with van der Waals surface area (Å²) in [5.41, 5.74) is 4.46. The fraction of sp³-hybridized carbons (Fsp3) is 0.667. The van der Waals surface area contributed by atoms with E-state index in [1.54, 1.807) is 5.56 Å². The minimum Gasteiger partial charge on any atom is -0.314 e. The molecule has 112 valence electrons. The van der Waals surface area contributed by atoms with Gasteiger partial charge in [-0.1, -0.05) is 32.0 Å². The van der Waals surface area contributed by atoms with Crippen LogP contribution in [-0.4, -0.2) is 31.1 Å². The third-order valence-electron chi connectivity index (χ3n) is 4.62. The molecule has 2 heteroatoms. The van der Waals surface area contributed by atoms with Crippen molar-refractivity contribution in [1.82, 2.24) is 10.2 Å². The van der Waals surface area contributed by atoms with Gasteiger partial charge in [-0.05, 0) is 49.3 Å². The molecule has 1 aromatic carbocycles. The Morgan fingerprint density at radius 1 is 1.10 bits per heavy atom. The van der Waals surface area contributed by atoms with Crippen molar-refractivity contribution in [2.75, 3.05) is 26.2 Å². The first kappa shape index (κ1) is 15.5. The molecule has 1 atom stereocenters. The molecule has 20 heavy (non-hydrogen) atoms. The van der Waals surface area contributed by atoms with Crippen molar-refractivity contribution < 1.29 is 0 Å². The number of hydrogen-bond acceptors (Lipinski definition) is 2. The van der Waals surface area contributed by atoms with Gasteiger partial charge in [0.25, 0.3) is 0 Å². The van der Waals surface area contributed by atoms with Crippen LogP contribution < -0.4 is 5.32 Å². The summed E-state index contributed by atoms with van der Waals surface area (Å²) >= 11 is 0. The summed E-state index contributed by atoms with van der Waals surface area (Å²) in [6, 6.07) is 7.40. The lowest BCUT2D eigenvalue weighted by Gasteiger charge is -2.36. The van der Waals surface area contributed by atoms with Crippen molar-refractivity contribution in [2.45, 2.75) is 46.6 Å². The highest BCUT2D eigenvalue weighted by molar-refractivity contribution is 5.35. The number of rotatable bonds is 5. The molecular weight excluding hydrogens is 244 g/mol. The normalized spacial score (nSPS) is 18.4.